The van der Waals surface area contributed by atoms with E-state index in [1.54, 1.807) is 30.8 Å². The molecule has 0 radical (unpaired) electrons. The number of rotatable bonds is 5. The molecule has 82 valence electrons. The Labute approximate surface area is 93.2 Å². The summed E-state index contributed by atoms with van der Waals surface area (Å²) in [5, 5.41) is 13.8. The van der Waals surface area contributed by atoms with Crippen molar-refractivity contribution in [1.82, 2.24) is 0 Å². The largest absolute Gasteiger partial charge is 0.384 e. The minimum absolute atomic E-state index is 0.172. The van der Waals surface area contributed by atoms with E-state index in [0.29, 0.717) is 5.56 Å². The Hall–Kier alpha value is -1.23. The minimum Gasteiger partial charge on any atom is -0.384 e. The first kappa shape index (κ1) is 11.8. The molecular weight excluding hydrogens is 212 g/mol. The zero-order chi connectivity index (χ0) is 11.3. The van der Waals surface area contributed by atoms with Gasteiger partial charge in [0.05, 0.1) is 4.92 Å². The predicted octanol–water partition coefficient (Wildman–Crippen LogP) is 2.68. The number of hydrogen-bond acceptors (Lipinski definition) is 4. The number of nitrogens with zero attached hydrogens (tertiary/aromatic N) is 1. The van der Waals surface area contributed by atoms with Gasteiger partial charge in [0.1, 0.15) is 0 Å². The second kappa shape index (κ2) is 5.60. The van der Waals surface area contributed by atoms with Crippen LogP contribution in [0.25, 0.3) is 0 Å². The van der Waals surface area contributed by atoms with Gasteiger partial charge in [0.15, 0.2) is 0 Å². The van der Waals surface area contributed by atoms with Crippen LogP contribution in [-0.2, 0) is 0 Å². The number of nitro groups is 1. The Bertz CT molecular complexity index is 355. The smallest absolute Gasteiger partial charge is 0.272 e. The molecule has 0 aliphatic heterocycles. The lowest BCUT2D eigenvalue weighted by Gasteiger charge is -2.06. The molecule has 0 spiro atoms. The van der Waals surface area contributed by atoms with Gasteiger partial charge in [-0.15, -0.1) is 0 Å². The summed E-state index contributed by atoms with van der Waals surface area (Å²) in [5.74, 6) is 1.02. The number of nitrogens with one attached hydrogen (secondary N) is 1. The van der Waals surface area contributed by atoms with Crippen molar-refractivity contribution in [2.45, 2.75) is 6.92 Å². The molecule has 0 fully saturated rings. The second-order valence-corrected chi connectivity index (χ2v) is 4.16. The van der Waals surface area contributed by atoms with E-state index in [4.69, 9.17) is 0 Å². The molecule has 1 rings (SSSR count). The SMILES string of the molecule is CSCCNc1ccc([N+](=O)[O-])c(C)c1. The summed E-state index contributed by atoms with van der Waals surface area (Å²) in [6, 6.07) is 5.08. The Morgan fingerprint density at radius 1 is 1.53 bits per heavy atom. The molecule has 0 heterocycles. The highest BCUT2D eigenvalue weighted by Crippen LogP contribution is 2.21. The van der Waals surface area contributed by atoms with Crippen molar-refractivity contribution in [3.63, 3.8) is 0 Å². The fourth-order valence-electron chi connectivity index (χ4n) is 1.27. The Morgan fingerprint density at radius 3 is 2.80 bits per heavy atom. The highest BCUT2D eigenvalue weighted by molar-refractivity contribution is 7.98. The average Bonchev–Trinajstić information content (AvgIpc) is 2.17. The zero-order valence-electron chi connectivity index (χ0n) is 8.82. The molecule has 0 amide bonds. The second-order valence-electron chi connectivity index (χ2n) is 3.18. The van der Waals surface area contributed by atoms with Gasteiger partial charge >= 0.3 is 0 Å². The lowest BCUT2D eigenvalue weighted by molar-refractivity contribution is -0.385. The van der Waals surface area contributed by atoms with Crippen molar-refractivity contribution in [2.24, 2.45) is 0 Å². The number of nitro benzene ring substituents is 1. The quantitative estimate of drug-likeness (QED) is 0.476. The molecule has 1 N–H and O–H groups in total. The highest BCUT2D eigenvalue weighted by atomic mass is 32.2. The van der Waals surface area contributed by atoms with Crippen LogP contribution in [0, 0.1) is 17.0 Å². The number of hydrogen-bond donors (Lipinski definition) is 1. The summed E-state index contributed by atoms with van der Waals surface area (Å²) in [5.41, 5.74) is 1.80. The zero-order valence-corrected chi connectivity index (χ0v) is 9.63. The lowest BCUT2D eigenvalue weighted by Crippen LogP contribution is -2.04. The van der Waals surface area contributed by atoms with E-state index in [1.165, 1.54) is 6.07 Å². The number of aryl methyl sites for hydroxylation is 1. The van der Waals surface area contributed by atoms with E-state index >= 15 is 0 Å². The number of thioether (sulfide) groups is 1. The van der Waals surface area contributed by atoms with Gasteiger partial charge in [-0.1, -0.05) is 0 Å². The van der Waals surface area contributed by atoms with Gasteiger partial charge in [-0.05, 0) is 25.3 Å². The third kappa shape index (κ3) is 3.43. The lowest BCUT2D eigenvalue weighted by atomic mass is 10.2. The fraction of sp³-hybridized carbons (Fsp3) is 0.400. The first-order chi connectivity index (χ1) is 7.15. The Balaban J connectivity index is 2.69. The molecule has 5 heteroatoms. The molecule has 0 saturated carbocycles. The summed E-state index contributed by atoms with van der Waals surface area (Å²) in [7, 11) is 0. The third-order valence-corrected chi connectivity index (χ3v) is 2.64. The van der Waals surface area contributed by atoms with Crippen molar-refractivity contribution in [3.8, 4) is 0 Å². The van der Waals surface area contributed by atoms with Crippen molar-refractivity contribution in [2.75, 3.05) is 23.9 Å². The molecule has 1 aromatic rings. The number of benzene rings is 1. The molecule has 0 aliphatic carbocycles. The van der Waals surface area contributed by atoms with Crippen LogP contribution in [0.2, 0.25) is 0 Å². The van der Waals surface area contributed by atoms with Crippen LogP contribution in [0.5, 0.6) is 0 Å². The van der Waals surface area contributed by atoms with Gasteiger partial charge in [0, 0.05) is 29.6 Å². The van der Waals surface area contributed by atoms with Crippen molar-refractivity contribution in [3.05, 3.63) is 33.9 Å². The van der Waals surface area contributed by atoms with Gasteiger partial charge in [0.2, 0.25) is 0 Å². The van der Waals surface area contributed by atoms with Crippen molar-refractivity contribution >= 4 is 23.1 Å². The molecule has 0 aromatic heterocycles. The standard InChI is InChI=1S/C10H14N2O2S/c1-8-7-9(11-5-6-15-2)3-4-10(8)12(13)14/h3-4,7,11H,5-6H2,1-2H3. The first-order valence-corrected chi connectivity index (χ1v) is 6.02. The predicted molar refractivity (Wildman–Crippen MR) is 64.7 cm³/mol. The molecule has 0 saturated heterocycles. The summed E-state index contributed by atoms with van der Waals surface area (Å²) in [6.07, 6.45) is 2.04. The molecule has 0 aliphatic rings. The molecule has 15 heavy (non-hydrogen) atoms. The molecule has 4 nitrogen and oxygen atoms in total. The van der Waals surface area contributed by atoms with Crippen LogP contribution < -0.4 is 5.32 Å². The normalized spacial score (nSPS) is 10.0. The monoisotopic (exact) mass is 226 g/mol. The minimum atomic E-state index is -0.360. The first-order valence-electron chi connectivity index (χ1n) is 4.63. The Morgan fingerprint density at radius 2 is 2.27 bits per heavy atom. The van der Waals surface area contributed by atoms with Gasteiger partial charge < -0.3 is 5.32 Å². The van der Waals surface area contributed by atoms with Crippen LogP contribution in [0.15, 0.2) is 18.2 Å². The van der Waals surface area contributed by atoms with Crippen molar-refractivity contribution in [1.29, 1.82) is 0 Å². The van der Waals surface area contributed by atoms with E-state index in [0.717, 1.165) is 18.0 Å². The van der Waals surface area contributed by atoms with Crippen LogP contribution >= 0.6 is 11.8 Å². The highest BCUT2D eigenvalue weighted by Gasteiger charge is 2.09. The van der Waals surface area contributed by atoms with Crippen LogP contribution in [0.3, 0.4) is 0 Å². The van der Waals surface area contributed by atoms with E-state index in [9.17, 15) is 10.1 Å². The average molecular weight is 226 g/mol. The van der Waals surface area contributed by atoms with Gasteiger partial charge in [-0.25, -0.2) is 0 Å². The van der Waals surface area contributed by atoms with Gasteiger partial charge in [-0.3, -0.25) is 10.1 Å². The van der Waals surface area contributed by atoms with E-state index < -0.39 is 0 Å². The van der Waals surface area contributed by atoms with Crippen LogP contribution in [-0.4, -0.2) is 23.5 Å². The summed E-state index contributed by atoms with van der Waals surface area (Å²) in [4.78, 5) is 10.2. The maximum absolute atomic E-state index is 10.6. The van der Waals surface area contributed by atoms with E-state index in [2.05, 4.69) is 5.32 Å². The maximum Gasteiger partial charge on any atom is 0.272 e. The topological polar surface area (TPSA) is 55.2 Å². The number of anilines is 1. The third-order valence-electron chi connectivity index (χ3n) is 2.03. The van der Waals surface area contributed by atoms with Crippen LogP contribution in [0.1, 0.15) is 5.56 Å². The molecule has 0 unspecified atom stereocenters. The Kier molecular flexibility index (Phi) is 4.42. The van der Waals surface area contributed by atoms with E-state index in [-0.39, 0.29) is 10.6 Å². The van der Waals surface area contributed by atoms with Gasteiger partial charge in [-0.2, -0.15) is 11.8 Å². The van der Waals surface area contributed by atoms with Crippen LogP contribution in [0.4, 0.5) is 11.4 Å². The summed E-state index contributed by atoms with van der Waals surface area (Å²) >= 11 is 1.76. The van der Waals surface area contributed by atoms with Crippen molar-refractivity contribution < 1.29 is 4.92 Å². The van der Waals surface area contributed by atoms with Gasteiger partial charge in [0.25, 0.3) is 5.69 Å². The fourth-order valence-corrected chi connectivity index (χ4v) is 1.57. The van der Waals surface area contributed by atoms with E-state index in [1.807, 2.05) is 6.26 Å². The molecule has 1 aromatic carbocycles. The molecule has 0 atom stereocenters. The summed E-state index contributed by atoms with van der Waals surface area (Å²) in [6.45, 7) is 2.62. The summed E-state index contributed by atoms with van der Waals surface area (Å²) < 4.78 is 0. The molecule has 0 bridgehead atoms. The maximum atomic E-state index is 10.6. The molecular formula is C10H14N2O2S.